The minimum absolute atomic E-state index is 0.0854. The van der Waals surface area contributed by atoms with E-state index in [1.165, 1.54) is 18.4 Å². The number of methoxy groups -OCH3 is 1. The highest BCUT2D eigenvalue weighted by atomic mass is 32.2. The molecule has 4 rings (SSSR count). The Balaban J connectivity index is 1.52. The zero-order valence-corrected chi connectivity index (χ0v) is 21.0. The van der Waals surface area contributed by atoms with Crippen molar-refractivity contribution in [2.45, 2.75) is 50.1 Å². The summed E-state index contributed by atoms with van der Waals surface area (Å²) >= 11 is 0. The van der Waals surface area contributed by atoms with Gasteiger partial charge >= 0.3 is 0 Å². The van der Waals surface area contributed by atoms with Gasteiger partial charge in [0.05, 0.1) is 29.1 Å². The molecule has 2 aromatic carbocycles. The number of sulfonamides is 1. The number of benzene rings is 2. The predicted molar refractivity (Wildman–Crippen MR) is 131 cm³/mol. The summed E-state index contributed by atoms with van der Waals surface area (Å²) in [6.07, 6.45) is 2.80. The Kier molecular flexibility index (Phi) is 6.95. The number of aromatic nitrogens is 2. The third-order valence-electron chi connectivity index (χ3n) is 6.53. The van der Waals surface area contributed by atoms with Gasteiger partial charge in [-0.25, -0.2) is 17.7 Å². The smallest absolute Gasteiger partial charge is 0.242 e. The standard InChI is InChI=1S/C25H32N4O4S/c1-5-28-23-13-12-20(34(31,32)27(2)3)17-21(23)26-24(28)14-15-25(30)29-16-6-7-22(29)18-8-10-19(33-4)11-9-18/h8-13,17,22H,5-7,14-16H2,1-4H3/t22-/m0/s1. The summed E-state index contributed by atoms with van der Waals surface area (Å²) in [6, 6.07) is 13.0. The Labute approximate surface area is 201 Å². The van der Waals surface area contributed by atoms with Crippen LogP contribution >= 0.6 is 0 Å². The van der Waals surface area contributed by atoms with Crippen molar-refractivity contribution in [1.82, 2.24) is 18.8 Å². The molecule has 9 heteroatoms. The van der Waals surface area contributed by atoms with Crippen molar-refractivity contribution in [2.24, 2.45) is 0 Å². The number of imidazole rings is 1. The van der Waals surface area contributed by atoms with Crippen molar-refractivity contribution in [2.75, 3.05) is 27.7 Å². The molecule has 34 heavy (non-hydrogen) atoms. The molecule has 1 atom stereocenters. The first-order chi connectivity index (χ1) is 16.3. The molecule has 0 aliphatic carbocycles. The summed E-state index contributed by atoms with van der Waals surface area (Å²) in [7, 11) is 1.13. The molecule has 182 valence electrons. The van der Waals surface area contributed by atoms with Gasteiger partial charge in [-0.15, -0.1) is 0 Å². The molecule has 1 aliphatic rings. The molecule has 1 aliphatic heterocycles. The molecule has 0 N–H and O–H groups in total. The van der Waals surface area contributed by atoms with Gasteiger partial charge in [-0.2, -0.15) is 0 Å². The van der Waals surface area contributed by atoms with Crippen molar-refractivity contribution in [1.29, 1.82) is 0 Å². The van der Waals surface area contributed by atoms with Gasteiger partial charge in [0.1, 0.15) is 11.6 Å². The van der Waals surface area contributed by atoms with Crippen LogP contribution in [0.3, 0.4) is 0 Å². The van der Waals surface area contributed by atoms with Crippen LogP contribution in [-0.4, -0.2) is 60.8 Å². The number of carbonyl (C=O) groups excluding carboxylic acids is 1. The predicted octanol–water partition coefficient (Wildman–Crippen LogP) is 3.61. The first-order valence-electron chi connectivity index (χ1n) is 11.6. The summed E-state index contributed by atoms with van der Waals surface area (Å²) in [6.45, 7) is 3.47. The second-order valence-electron chi connectivity index (χ2n) is 8.73. The van der Waals surface area contributed by atoms with Gasteiger partial charge in [-0.3, -0.25) is 4.79 Å². The lowest BCUT2D eigenvalue weighted by atomic mass is 10.0. The van der Waals surface area contributed by atoms with Gasteiger partial charge < -0.3 is 14.2 Å². The van der Waals surface area contributed by atoms with Gasteiger partial charge in [0.25, 0.3) is 0 Å². The number of ether oxygens (including phenoxy) is 1. The highest BCUT2D eigenvalue weighted by molar-refractivity contribution is 7.89. The summed E-state index contributed by atoms with van der Waals surface area (Å²) in [5.41, 5.74) is 2.63. The molecule has 3 aromatic rings. The molecular weight excluding hydrogens is 452 g/mol. The molecule has 0 saturated carbocycles. The van der Waals surface area contributed by atoms with E-state index in [-0.39, 0.29) is 16.8 Å². The zero-order chi connectivity index (χ0) is 24.5. The van der Waals surface area contributed by atoms with E-state index in [9.17, 15) is 13.2 Å². The first kappa shape index (κ1) is 24.2. The number of hydrogen-bond acceptors (Lipinski definition) is 5. The Morgan fingerprint density at radius 3 is 2.56 bits per heavy atom. The molecule has 0 unspecified atom stereocenters. The molecule has 0 spiro atoms. The van der Waals surface area contributed by atoms with E-state index in [1.807, 2.05) is 36.1 Å². The number of fused-ring (bicyclic) bond motifs is 1. The van der Waals surface area contributed by atoms with E-state index in [2.05, 4.69) is 4.57 Å². The Morgan fingerprint density at radius 1 is 1.18 bits per heavy atom. The van der Waals surface area contributed by atoms with E-state index in [0.29, 0.717) is 24.9 Å². The molecular formula is C25H32N4O4S. The second-order valence-corrected chi connectivity index (χ2v) is 10.9. The lowest BCUT2D eigenvalue weighted by molar-refractivity contribution is -0.132. The van der Waals surface area contributed by atoms with Crippen LogP contribution in [0.1, 0.15) is 43.6 Å². The highest BCUT2D eigenvalue weighted by Gasteiger charge is 2.30. The minimum atomic E-state index is -3.54. The first-order valence-corrected chi connectivity index (χ1v) is 13.1. The number of aryl methyl sites for hydroxylation is 2. The minimum Gasteiger partial charge on any atom is -0.497 e. The lowest BCUT2D eigenvalue weighted by Crippen LogP contribution is -2.30. The number of amides is 1. The Hall–Kier alpha value is -2.91. The number of hydrogen-bond donors (Lipinski definition) is 0. The maximum atomic E-state index is 13.2. The molecule has 8 nitrogen and oxygen atoms in total. The maximum Gasteiger partial charge on any atom is 0.242 e. The number of likely N-dealkylation sites (tertiary alicyclic amines) is 1. The molecule has 0 radical (unpaired) electrons. The maximum absolute atomic E-state index is 13.2. The van der Waals surface area contributed by atoms with Crippen LogP contribution in [0.4, 0.5) is 0 Å². The average Bonchev–Trinajstić information content (AvgIpc) is 3.46. The fraction of sp³-hybridized carbons (Fsp3) is 0.440. The Morgan fingerprint density at radius 2 is 1.91 bits per heavy atom. The van der Waals surface area contributed by atoms with E-state index in [4.69, 9.17) is 9.72 Å². The highest BCUT2D eigenvalue weighted by Crippen LogP contribution is 2.33. The van der Waals surface area contributed by atoms with Crippen molar-refractivity contribution in [3.63, 3.8) is 0 Å². The summed E-state index contributed by atoms with van der Waals surface area (Å²) in [4.78, 5) is 20.1. The molecule has 0 bridgehead atoms. The lowest BCUT2D eigenvalue weighted by Gasteiger charge is -2.25. The van der Waals surface area contributed by atoms with Crippen molar-refractivity contribution >= 4 is 27.0 Å². The van der Waals surface area contributed by atoms with Crippen LogP contribution in [0, 0.1) is 0 Å². The fourth-order valence-electron chi connectivity index (χ4n) is 4.67. The van der Waals surface area contributed by atoms with Gasteiger partial charge in [0.15, 0.2) is 0 Å². The fourth-order valence-corrected chi connectivity index (χ4v) is 5.60. The molecule has 1 fully saturated rings. The largest absolute Gasteiger partial charge is 0.497 e. The normalized spacial score (nSPS) is 16.5. The summed E-state index contributed by atoms with van der Waals surface area (Å²) in [5.74, 6) is 1.72. The van der Waals surface area contributed by atoms with Gasteiger partial charge in [-0.05, 0) is 55.7 Å². The SMILES string of the molecule is CCn1c(CCC(=O)N2CCC[C@H]2c2ccc(OC)cc2)nc2cc(S(=O)(=O)N(C)C)ccc21. The third kappa shape index (κ3) is 4.54. The van der Waals surface area contributed by atoms with E-state index in [1.54, 1.807) is 25.3 Å². The van der Waals surface area contributed by atoms with Crippen LogP contribution in [-0.2, 0) is 27.8 Å². The van der Waals surface area contributed by atoms with Crippen molar-refractivity contribution in [3.05, 3.63) is 53.9 Å². The summed E-state index contributed by atoms with van der Waals surface area (Å²) < 4.78 is 33.5. The van der Waals surface area contributed by atoms with Crippen LogP contribution in [0.15, 0.2) is 47.4 Å². The topological polar surface area (TPSA) is 84.7 Å². The van der Waals surface area contributed by atoms with Gasteiger partial charge in [-0.1, -0.05) is 12.1 Å². The molecule has 1 aromatic heterocycles. The van der Waals surface area contributed by atoms with E-state index < -0.39 is 10.0 Å². The molecule has 2 heterocycles. The van der Waals surface area contributed by atoms with Crippen molar-refractivity contribution < 1.29 is 17.9 Å². The zero-order valence-electron chi connectivity index (χ0n) is 20.2. The van der Waals surface area contributed by atoms with E-state index in [0.717, 1.165) is 42.0 Å². The quantitative estimate of drug-likeness (QED) is 0.488. The third-order valence-corrected chi connectivity index (χ3v) is 8.34. The second kappa shape index (κ2) is 9.76. The van der Waals surface area contributed by atoms with Crippen LogP contribution < -0.4 is 4.74 Å². The van der Waals surface area contributed by atoms with Crippen LogP contribution in [0.25, 0.3) is 11.0 Å². The Bertz CT molecular complexity index is 1280. The molecule has 1 saturated heterocycles. The summed E-state index contributed by atoms with van der Waals surface area (Å²) in [5, 5.41) is 0. The number of rotatable bonds is 8. The monoisotopic (exact) mass is 484 g/mol. The molecule has 1 amide bonds. The number of carbonyl (C=O) groups is 1. The van der Waals surface area contributed by atoms with Gasteiger partial charge in [0, 0.05) is 40.0 Å². The number of nitrogens with zero attached hydrogens (tertiary/aromatic N) is 4. The average molecular weight is 485 g/mol. The van der Waals surface area contributed by atoms with Gasteiger partial charge in [0.2, 0.25) is 15.9 Å². The van der Waals surface area contributed by atoms with E-state index >= 15 is 0 Å². The van der Waals surface area contributed by atoms with Crippen LogP contribution in [0.2, 0.25) is 0 Å². The van der Waals surface area contributed by atoms with Crippen molar-refractivity contribution in [3.8, 4) is 5.75 Å². The van der Waals surface area contributed by atoms with Crippen LogP contribution in [0.5, 0.6) is 5.75 Å².